The minimum absolute atomic E-state index is 0.0139. The predicted octanol–water partition coefficient (Wildman–Crippen LogP) is 1.05. The van der Waals surface area contributed by atoms with Crippen LogP contribution in [-0.4, -0.2) is 39.1 Å². The number of likely N-dealkylation sites (tertiary alicyclic amines) is 1. The average Bonchev–Trinajstić information content (AvgIpc) is 2.74. The summed E-state index contributed by atoms with van der Waals surface area (Å²) in [5, 5.41) is 7.27. The first-order valence-electron chi connectivity index (χ1n) is 6.50. The standard InChI is InChI=1S/C13H18N4O/c1-16-6-3-2-4-10(16)8-12-14-15-13-9-11(18)5-7-17(12)13/h5,7,9-10,15H,2-4,6,8H2,1H3. The number of nitrogens with one attached hydrogen (secondary N) is 1. The molecule has 2 aromatic heterocycles. The van der Waals surface area contributed by atoms with E-state index in [2.05, 4.69) is 22.1 Å². The van der Waals surface area contributed by atoms with Gasteiger partial charge in [0.05, 0.1) is 0 Å². The van der Waals surface area contributed by atoms with Crippen LogP contribution in [0.1, 0.15) is 25.1 Å². The minimum atomic E-state index is 0.0139. The monoisotopic (exact) mass is 246 g/mol. The molecule has 0 bridgehead atoms. The molecule has 2 aromatic rings. The molecule has 3 rings (SSSR count). The largest absolute Gasteiger partial charge is 0.303 e. The third kappa shape index (κ3) is 2.06. The number of aromatic nitrogens is 3. The Bertz CT molecular complexity index is 600. The molecule has 1 unspecified atom stereocenters. The lowest BCUT2D eigenvalue weighted by Gasteiger charge is -2.31. The highest BCUT2D eigenvalue weighted by Crippen LogP contribution is 2.18. The van der Waals surface area contributed by atoms with Crippen LogP contribution < -0.4 is 5.43 Å². The van der Waals surface area contributed by atoms with E-state index in [1.807, 2.05) is 4.40 Å². The molecule has 1 N–H and O–H groups in total. The maximum Gasteiger partial charge on any atom is 0.183 e. The highest BCUT2D eigenvalue weighted by molar-refractivity contribution is 5.37. The lowest BCUT2D eigenvalue weighted by molar-refractivity contribution is 0.182. The van der Waals surface area contributed by atoms with Crippen molar-refractivity contribution < 1.29 is 0 Å². The van der Waals surface area contributed by atoms with Crippen LogP contribution in [-0.2, 0) is 6.42 Å². The molecule has 5 nitrogen and oxygen atoms in total. The SMILES string of the molecule is CN1CCCCC1Cc1n[nH]c2cc(=O)ccn12. The first-order chi connectivity index (χ1) is 8.74. The fraction of sp³-hybridized carbons (Fsp3) is 0.538. The van der Waals surface area contributed by atoms with Crippen LogP contribution in [0.2, 0.25) is 0 Å². The van der Waals surface area contributed by atoms with E-state index in [1.54, 1.807) is 18.3 Å². The molecule has 1 aliphatic heterocycles. The molecule has 0 aliphatic carbocycles. The summed E-state index contributed by atoms with van der Waals surface area (Å²) in [6, 6.07) is 3.72. The summed E-state index contributed by atoms with van der Waals surface area (Å²) in [7, 11) is 2.18. The Morgan fingerprint density at radius 3 is 3.22 bits per heavy atom. The van der Waals surface area contributed by atoms with Crippen molar-refractivity contribution in [3.63, 3.8) is 0 Å². The Morgan fingerprint density at radius 1 is 1.50 bits per heavy atom. The number of aromatic amines is 1. The van der Waals surface area contributed by atoms with Crippen molar-refractivity contribution in [3.8, 4) is 0 Å². The van der Waals surface area contributed by atoms with Gasteiger partial charge in [-0.05, 0) is 26.4 Å². The fourth-order valence-electron chi connectivity index (χ4n) is 2.72. The third-order valence-electron chi connectivity index (χ3n) is 3.84. The summed E-state index contributed by atoms with van der Waals surface area (Å²) in [6.07, 6.45) is 6.55. The van der Waals surface area contributed by atoms with Crippen molar-refractivity contribution in [2.45, 2.75) is 31.7 Å². The van der Waals surface area contributed by atoms with E-state index in [1.165, 1.54) is 25.8 Å². The van der Waals surface area contributed by atoms with Gasteiger partial charge in [0.2, 0.25) is 0 Å². The molecule has 0 amide bonds. The third-order valence-corrected chi connectivity index (χ3v) is 3.84. The molecule has 5 heteroatoms. The normalized spacial score (nSPS) is 21.5. The topological polar surface area (TPSA) is 53.4 Å². The quantitative estimate of drug-likeness (QED) is 0.861. The van der Waals surface area contributed by atoms with Crippen LogP contribution in [0.4, 0.5) is 0 Å². The minimum Gasteiger partial charge on any atom is -0.303 e. The van der Waals surface area contributed by atoms with E-state index in [0.29, 0.717) is 6.04 Å². The summed E-state index contributed by atoms with van der Waals surface area (Å²) >= 11 is 0. The molecule has 0 radical (unpaired) electrons. The van der Waals surface area contributed by atoms with Gasteiger partial charge in [0.15, 0.2) is 5.43 Å². The lowest BCUT2D eigenvalue weighted by Crippen LogP contribution is -2.38. The van der Waals surface area contributed by atoms with E-state index in [9.17, 15) is 4.79 Å². The number of piperidine rings is 1. The smallest absolute Gasteiger partial charge is 0.183 e. The molecule has 18 heavy (non-hydrogen) atoms. The second-order valence-electron chi connectivity index (χ2n) is 5.09. The number of rotatable bonds is 2. The second-order valence-corrected chi connectivity index (χ2v) is 5.09. The van der Waals surface area contributed by atoms with Crippen molar-refractivity contribution in [2.24, 2.45) is 0 Å². The second kappa shape index (κ2) is 4.57. The Kier molecular flexibility index (Phi) is 2.91. The van der Waals surface area contributed by atoms with Gasteiger partial charge in [0.1, 0.15) is 11.5 Å². The van der Waals surface area contributed by atoms with Crippen LogP contribution >= 0.6 is 0 Å². The fourth-order valence-corrected chi connectivity index (χ4v) is 2.72. The van der Waals surface area contributed by atoms with Crippen LogP contribution in [0.5, 0.6) is 0 Å². The van der Waals surface area contributed by atoms with E-state index in [0.717, 1.165) is 17.9 Å². The lowest BCUT2D eigenvalue weighted by atomic mass is 10.00. The van der Waals surface area contributed by atoms with Crippen molar-refractivity contribution in [2.75, 3.05) is 13.6 Å². The van der Waals surface area contributed by atoms with Crippen LogP contribution in [0.25, 0.3) is 5.65 Å². The van der Waals surface area contributed by atoms with Gasteiger partial charge in [-0.2, -0.15) is 5.10 Å². The summed E-state index contributed by atoms with van der Waals surface area (Å²) in [5.74, 6) is 1.00. The Balaban J connectivity index is 1.88. The zero-order valence-corrected chi connectivity index (χ0v) is 10.6. The van der Waals surface area contributed by atoms with Gasteiger partial charge < -0.3 is 4.90 Å². The Labute approximate surface area is 105 Å². The van der Waals surface area contributed by atoms with Gasteiger partial charge in [-0.25, -0.2) is 0 Å². The number of pyridine rings is 1. The predicted molar refractivity (Wildman–Crippen MR) is 69.8 cm³/mol. The van der Waals surface area contributed by atoms with Gasteiger partial charge in [0, 0.05) is 30.8 Å². The molecule has 0 saturated carbocycles. The first-order valence-corrected chi connectivity index (χ1v) is 6.50. The van der Waals surface area contributed by atoms with Crippen LogP contribution in [0, 0.1) is 0 Å². The molecular formula is C13H18N4O. The van der Waals surface area contributed by atoms with Gasteiger partial charge in [-0.15, -0.1) is 0 Å². The number of H-pyrrole nitrogens is 1. The van der Waals surface area contributed by atoms with E-state index in [-0.39, 0.29) is 5.43 Å². The summed E-state index contributed by atoms with van der Waals surface area (Å²) in [6.45, 7) is 1.17. The zero-order chi connectivity index (χ0) is 12.5. The molecule has 1 atom stereocenters. The number of likely N-dealkylation sites (N-methyl/N-ethyl adjacent to an activating group) is 1. The number of hydrogen-bond acceptors (Lipinski definition) is 3. The molecular weight excluding hydrogens is 228 g/mol. The number of fused-ring (bicyclic) bond motifs is 1. The molecule has 96 valence electrons. The molecule has 1 aliphatic rings. The van der Waals surface area contributed by atoms with E-state index in [4.69, 9.17) is 0 Å². The van der Waals surface area contributed by atoms with Crippen molar-refractivity contribution in [3.05, 3.63) is 34.4 Å². The van der Waals surface area contributed by atoms with Crippen molar-refractivity contribution in [1.82, 2.24) is 19.5 Å². The van der Waals surface area contributed by atoms with E-state index < -0.39 is 0 Å². The summed E-state index contributed by atoms with van der Waals surface area (Å²) in [5.41, 5.74) is 0.788. The highest BCUT2D eigenvalue weighted by Gasteiger charge is 2.21. The molecule has 0 spiro atoms. The molecule has 3 heterocycles. The van der Waals surface area contributed by atoms with Crippen molar-refractivity contribution >= 4 is 5.65 Å². The van der Waals surface area contributed by atoms with Crippen LogP contribution in [0.3, 0.4) is 0 Å². The van der Waals surface area contributed by atoms with Gasteiger partial charge in [-0.1, -0.05) is 6.42 Å². The number of nitrogens with zero attached hydrogens (tertiary/aromatic N) is 3. The van der Waals surface area contributed by atoms with Gasteiger partial charge >= 0.3 is 0 Å². The maximum atomic E-state index is 11.3. The van der Waals surface area contributed by atoms with Gasteiger partial charge in [0.25, 0.3) is 0 Å². The Morgan fingerprint density at radius 2 is 2.39 bits per heavy atom. The summed E-state index contributed by atoms with van der Waals surface area (Å²) < 4.78 is 1.98. The molecule has 1 saturated heterocycles. The maximum absolute atomic E-state index is 11.3. The highest BCUT2D eigenvalue weighted by atomic mass is 16.1. The molecule has 1 fully saturated rings. The van der Waals surface area contributed by atoms with E-state index >= 15 is 0 Å². The van der Waals surface area contributed by atoms with Crippen molar-refractivity contribution in [1.29, 1.82) is 0 Å². The average molecular weight is 246 g/mol. The number of hydrogen-bond donors (Lipinski definition) is 1. The molecule has 0 aromatic carbocycles. The van der Waals surface area contributed by atoms with Gasteiger partial charge in [-0.3, -0.25) is 14.3 Å². The van der Waals surface area contributed by atoms with Crippen LogP contribution in [0.15, 0.2) is 23.1 Å². The summed E-state index contributed by atoms with van der Waals surface area (Å²) in [4.78, 5) is 13.7. The zero-order valence-electron chi connectivity index (χ0n) is 10.6. The first kappa shape index (κ1) is 11.5. The Hall–Kier alpha value is -1.62.